The monoisotopic (exact) mass is 335 g/mol. The van der Waals surface area contributed by atoms with Crippen molar-refractivity contribution in [3.8, 4) is 0 Å². The molecule has 2 aromatic heterocycles. The first kappa shape index (κ1) is 15.0. The normalized spacial score (nSPS) is 12.0. The highest BCUT2D eigenvalue weighted by Gasteiger charge is 2.17. The second-order valence-electron chi connectivity index (χ2n) is 5.51. The first-order valence-electron chi connectivity index (χ1n) is 7.89. The third-order valence-electron chi connectivity index (χ3n) is 3.85. The predicted octanol–water partition coefficient (Wildman–Crippen LogP) is 4.25. The van der Waals surface area contributed by atoms with E-state index in [2.05, 4.69) is 62.8 Å². The molecular formula is C18H17N5S. The molecule has 0 aliphatic carbocycles. The van der Waals surface area contributed by atoms with Crippen LogP contribution < -0.4 is 10.6 Å². The van der Waals surface area contributed by atoms with Gasteiger partial charge in [-0.25, -0.2) is 9.97 Å². The van der Waals surface area contributed by atoms with Crippen LogP contribution in [-0.4, -0.2) is 15.0 Å². The van der Waals surface area contributed by atoms with Crippen molar-refractivity contribution in [1.29, 1.82) is 0 Å². The lowest BCUT2D eigenvalue weighted by molar-refractivity contribution is 1.03. The van der Waals surface area contributed by atoms with Gasteiger partial charge in [-0.1, -0.05) is 24.8 Å². The van der Waals surface area contributed by atoms with Crippen LogP contribution in [-0.2, 0) is 13.0 Å². The standard InChI is InChI=1S/C18H17N5S/c1-2-13-4-5-14(11-22-13)21-10-12-3-6-16-15(9-12)23-17-18(24-16)20-8-7-19-17/h3-9,11,21H,2,10H2,1H3,(H,19,23). The second-order valence-corrected chi connectivity index (χ2v) is 6.54. The van der Waals surface area contributed by atoms with Crippen LogP contribution in [0.2, 0.25) is 0 Å². The summed E-state index contributed by atoms with van der Waals surface area (Å²) in [5, 5.41) is 7.69. The average Bonchev–Trinajstić information content (AvgIpc) is 2.65. The first-order chi connectivity index (χ1) is 11.8. The zero-order chi connectivity index (χ0) is 16.4. The molecule has 3 heterocycles. The summed E-state index contributed by atoms with van der Waals surface area (Å²) in [5.41, 5.74) is 4.42. The molecule has 5 nitrogen and oxygen atoms in total. The van der Waals surface area contributed by atoms with Crippen LogP contribution in [0, 0.1) is 0 Å². The summed E-state index contributed by atoms with van der Waals surface area (Å²) in [6.45, 7) is 2.86. The fourth-order valence-corrected chi connectivity index (χ4v) is 3.41. The van der Waals surface area contributed by atoms with Crippen LogP contribution in [0.3, 0.4) is 0 Å². The van der Waals surface area contributed by atoms with Gasteiger partial charge in [-0.05, 0) is 36.2 Å². The van der Waals surface area contributed by atoms with E-state index in [9.17, 15) is 0 Å². The third kappa shape index (κ3) is 3.05. The van der Waals surface area contributed by atoms with Gasteiger partial charge in [-0.2, -0.15) is 0 Å². The second kappa shape index (κ2) is 6.49. The summed E-state index contributed by atoms with van der Waals surface area (Å²) < 4.78 is 0. The molecular weight excluding hydrogens is 318 g/mol. The first-order valence-corrected chi connectivity index (χ1v) is 8.71. The van der Waals surface area contributed by atoms with Crippen molar-refractivity contribution in [3.05, 3.63) is 60.2 Å². The minimum atomic E-state index is 0.750. The fourth-order valence-electron chi connectivity index (χ4n) is 2.53. The van der Waals surface area contributed by atoms with E-state index in [0.29, 0.717) is 0 Å². The SMILES string of the molecule is CCc1ccc(NCc2ccc3c(c2)Nc2nccnc2S3)cn1. The maximum atomic E-state index is 4.41. The van der Waals surface area contributed by atoms with Crippen LogP contribution in [0.4, 0.5) is 17.2 Å². The van der Waals surface area contributed by atoms with Crippen molar-refractivity contribution in [2.24, 2.45) is 0 Å². The lowest BCUT2D eigenvalue weighted by atomic mass is 10.2. The van der Waals surface area contributed by atoms with E-state index in [-0.39, 0.29) is 0 Å². The van der Waals surface area contributed by atoms with E-state index < -0.39 is 0 Å². The summed E-state index contributed by atoms with van der Waals surface area (Å²) in [6.07, 6.45) is 6.26. The van der Waals surface area contributed by atoms with Gasteiger partial charge < -0.3 is 10.6 Å². The Bertz CT molecular complexity index is 864. The summed E-state index contributed by atoms with van der Waals surface area (Å²) in [4.78, 5) is 14.3. The van der Waals surface area contributed by atoms with E-state index in [1.165, 1.54) is 10.5 Å². The zero-order valence-corrected chi connectivity index (χ0v) is 14.1. The van der Waals surface area contributed by atoms with Crippen LogP contribution in [0.5, 0.6) is 0 Å². The number of fused-ring (bicyclic) bond motifs is 2. The molecule has 1 aromatic carbocycles. The van der Waals surface area contributed by atoms with Crippen molar-refractivity contribution in [3.63, 3.8) is 0 Å². The van der Waals surface area contributed by atoms with Gasteiger partial charge in [0.25, 0.3) is 0 Å². The Hall–Kier alpha value is -2.60. The Balaban J connectivity index is 1.48. The molecule has 0 unspecified atom stereocenters. The quantitative estimate of drug-likeness (QED) is 0.581. The number of rotatable bonds is 4. The number of nitrogens with one attached hydrogen (secondary N) is 2. The number of benzene rings is 1. The minimum absolute atomic E-state index is 0.750. The lowest BCUT2D eigenvalue weighted by Gasteiger charge is -2.19. The van der Waals surface area contributed by atoms with Gasteiger partial charge in [-0.15, -0.1) is 0 Å². The Morgan fingerprint density at radius 3 is 2.83 bits per heavy atom. The van der Waals surface area contributed by atoms with E-state index in [1.807, 2.05) is 6.20 Å². The Labute approximate surface area is 145 Å². The highest BCUT2D eigenvalue weighted by molar-refractivity contribution is 7.99. The Morgan fingerprint density at radius 2 is 2.00 bits per heavy atom. The molecule has 24 heavy (non-hydrogen) atoms. The Morgan fingerprint density at radius 1 is 1.08 bits per heavy atom. The number of anilines is 3. The molecule has 2 N–H and O–H groups in total. The topological polar surface area (TPSA) is 62.7 Å². The van der Waals surface area contributed by atoms with Crippen molar-refractivity contribution in [1.82, 2.24) is 15.0 Å². The summed E-state index contributed by atoms with van der Waals surface area (Å²) in [7, 11) is 0. The molecule has 0 amide bonds. The number of aromatic nitrogens is 3. The molecule has 6 heteroatoms. The van der Waals surface area contributed by atoms with Crippen molar-refractivity contribution in [2.45, 2.75) is 29.8 Å². The van der Waals surface area contributed by atoms with Gasteiger partial charge in [0.1, 0.15) is 5.03 Å². The third-order valence-corrected chi connectivity index (χ3v) is 4.92. The molecule has 4 rings (SSSR count). The Kier molecular flexibility index (Phi) is 4.04. The van der Waals surface area contributed by atoms with Gasteiger partial charge in [-0.3, -0.25) is 4.98 Å². The van der Waals surface area contributed by atoms with Crippen LogP contribution in [0.1, 0.15) is 18.2 Å². The number of hydrogen-bond acceptors (Lipinski definition) is 6. The molecule has 0 saturated heterocycles. The van der Waals surface area contributed by atoms with E-state index in [1.54, 1.807) is 24.2 Å². The number of aryl methyl sites for hydroxylation is 1. The van der Waals surface area contributed by atoms with E-state index in [0.717, 1.165) is 40.9 Å². The predicted molar refractivity (Wildman–Crippen MR) is 96.8 cm³/mol. The molecule has 0 saturated carbocycles. The van der Waals surface area contributed by atoms with Gasteiger partial charge in [0.05, 0.1) is 17.6 Å². The molecule has 0 spiro atoms. The van der Waals surface area contributed by atoms with Crippen LogP contribution >= 0.6 is 11.8 Å². The average molecular weight is 335 g/mol. The minimum Gasteiger partial charge on any atom is -0.380 e. The zero-order valence-electron chi connectivity index (χ0n) is 13.3. The van der Waals surface area contributed by atoms with Crippen molar-refractivity contribution >= 4 is 29.0 Å². The van der Waals surface area contributed by atoms with Crippen molar-refractivity contribution < 1.29 is 0 Å². The molecule has 3 aromatic rings. The molecule has 1 aliphatic heterocycles. The van der Waals surface area contributed by atoms with Gasteiger partial charge >= 0.3 is 0 Å². The molecule has 0 fully saturated rings. The summed E-state index contributed by atoms with van der Waals surface area (Å²) >= 11 is 1.64. The maximum Gasteiger partial charge on any atom is 0.163 e. The smallest absolute Gasteiger partial charge is 0.163 e. The van der Waals surface area contributed by atoms with Crippen molar-refractivity contribution in [2.75, 3.05) is 10.6 Å². The highest BCUT2D eigenvalue weighted by atomic mass is 32.2. The fraction of sp³-hybridized carbons (Fsp3) is 0.167. The van der Waals surface area contributed by atoms with Gasteiger partial charge in [0.15, 0.2) is 5.82 Å². The number of pyridine rings is 1. The van der Waals surface area contributed by atoms with E-state index in [4.69, 9.17) is 0 Å². The lowest BCUT2D eigenvalue weighted by Crippen LogP contribution is -2.05. The summed E-state index contributed by atoms with van der Waals surface area (Å²) in [5.74, 6) is 0.819. The maximum absolute atomic E-state index is 4.41. The van der Waals surface area contributed by atoms with Crippen LogP contribution in [0.15, 0.2) is 58.8 Å². The number of nitrogens with zero attached hydrogens (tertiary/aromatic N) is 3. The molecule has 120 valence electrons. The van der Waals surface area contributed by atoms with Crippen LogP contribution in [0.25, 0.3) is 0 Å². The van der Waals surface area contributed by atoms with Gasteiger partial charge in [0.2, 0.25) is 0 Å². The number of hydrogen-bond donors (Lipinski definition) is 2. The largest absolute Gasteiger partial charge is 0.380 e. The molecule has 0 atom stereocenters. The van der Waals surface area contributed by atoms with E-state index >= 15 is 0 Å². The highest BCUT2D eigenvalue weighted by Crippen LogP contribution is 2.41. The molecule has 1 aliphatic rings. The summed E-state index contributed by atoms with van der Waals surface area (Å²) in [6, 6.07) is 10.5. The molecule has 0 radical (unpaired) electrons. The molecule has 0 bridgehead atoms. The van der Waals surface area contributed by atoms with Gasteiger partial charge in [0, 0.05) is 29.5 Å².